The standard InChI is InChI=1S/C45H55N8O6P/c1-10-40-50-42-43(49-30-51(6)7)47-29-48-44(42)52(40)41-27-38(59-60(57-26-14-25-46)53(31(2)3)32(4)5)39(58-41)28-56-45(33-15-12-11-13-16-33,34-17-21-36(54-8)22-18-34)35-19-23-37(55-9)24-20-35/h10-13,15-24,29-32,38-39,41H,1,14,26-28H2,2-9H3/b49-30+. The molecule has 4 unspecified atom stereocenters. The van der Waals surface area contributed by atoms with Gasteiger partial charge in [-0.1, -0.05) is 61.2 Å². The van der Waals surface area contributed by atoms with Crippen molar-refractivity contribution in [2.45, 2.75) is 76.7 Å². The number of rotatable bonds is 20. The highest BCUT2D eigenvalue weighted by Crippen LogP contribution is 2.51. The van der Waals surface area contributed by atoms with Crippen molar-refractivity contribution in [3.05, 3.63) is 114 Å². The third-order valence-corrected chi connectivity index (χ3v) is 12.2. The summed E-state index contributed by atoms with van der Waals surface area (Å²) in [7, 11) is 5.43. The van der Waals surface area contributed by atoms with Gasteiger partial charge in [0.15, 0.2) is 17.0 Å². The second kappa shape index (κ2) is 20.3. The van der Waals surface area contributed by atoms with Crippen LogP contribution in [0.2, 0.25) is 0 Å². The van der Waals surface area contributed by atoms with Crippen molar-refractivity contribution in [1.29, 1.82) is 5.26 Å². The number of benzene rings is 3. The van der Waals surface area contributed by atoms with Gasteiger partial charge in [-0.05, 0) is 74.7 Å². The van der Waals surface area contributed by atoms with Crippen LogP contribution in [-0.2, 0) is 24.1 Å². The number of aliphatic imine (C=N–C) groups is 1. The number of nitriles is 1. The summed E-state index contributed by atoms with van der Waals surface area (Å²) in [6.45, 7) is 12.9. The number of nitrogens with zero attached hydrogens (tertiary/aromatic N) is 8. The molecule has 0 spiro atoms. The molecule has 1 saturated heterocycles. The van der Waals surface area contributed by atoms with Gasteiger partial charge in [0.1, 0.15) is 41.6 Å². The van der Waals surface area contributed by atoms with Crippen molar-refractivity contribution in [3.63, 3.8) is 0 Å². The van der Waals surface area contributed by atoms with Crippen LogP contribution in [0.5, 0.6) is 11.5 Å². The van der Waals surface area contributed by atoms with Crippen LogP contribution in [0.4, 0.5) is 5.82 Å². The van der Waals surface area contributed by atoms with E-state index in [9.17, 15) is 5.26 Å². The average Bonchev–Trinajstić information content (AvgIpc) is 3.84. The van der Waals surface area contributed by atoms with Crippen molar-refractivity contribution in [2.24, 2.45) is 4.99 Å². The summed E-state index contributed by atoms with van der Waals surface area (Å²) in [6.07, 6.45) is 3.69. The Balaban J connectivity index is 1.47. The molecule has 3 aromatic carbocycles. The predicted octanol–water partition coefficient (Wildman–Crippen LogP) is 8.67. The zero-order chi connectivity index (χ0) is 42.8. The number of ether oxygens (including phenoxy) is 4. The minimum atomic E-state index is -1.65. The Morgan fingerprint density at radius 2 is 1.57 bits per heavy atom. The number of imidazole rings is 1. The van der Waals surface area contributed by atoms with Gasteiger partial charge in [-0.25, -0.2) is 24.6 Å². The molecule has 2 aromatic heterocycles. The summed E-state index contributed by atoms with van der Waals surface area (Å²) in [4.78, 5) is 20.4. The fourth-order valence-electron chi connectivity index (χ4n) is 7.42. The van der Waals surface area contributed by atoms with E-state index in [2.05, 4.69) is 72.1 Å². The van der Waals surface area contributed by atoms with Crippen LogP contribution in [0.25, 0.3) is 17.2 Å². The van der Waals surface area contributed by atoms with Crippen LogP contribution in [0, 0.1) is 11.3 Å². The molecule has 0 amide bonds. The lowest BCUT2D eigenvalue weighted by molar-refractivity contribution is -0.0913. The molecule has 0 radical (unpaired) electrons. The van der Waals surface area contributed by atoms with Crippen LogP contribution >= 0.6 is 8.53 Å². The van der Waals surface area contributed by atoms with Crippen molar-refractivity contribution < 1.29 is 28.0 Å². The van der Waals surface area contributed by atoms with Gasteiger partial charge >= 0.3 is 0 Å². The van der Waals surface area contributed by atoms with Crippen LogP contribution in [0.1, 0.15) is 69.3 Å². The lowest BCUT2D eigenvalue weighted by atomic mass is 9.80. The van der Waals surface area contributed by atoms with Crippen molar-refractivity contribution >= 4 is 37.9 Å². The molecule has 14 nitrogen and oxygen atoms in total. The first-order valence-electron chi connectivity index (χ1n) is 20.0. The molecule has 0 aliphatic carbocycles. The van der Waals surface area contributed by atoms with Gasteiger partial charge in [0.05, 0.1) is 52.4 Å². The van der Waals surface area contributed by atoms with E-state index in [0.717, 1.165) is 28.2 Å². The quantitative estimate of drug-likeness (QED) is 0.0244. The van der Waals surface area contributed by atoms with Gasteiger partial charge in [0.2, 0.25) is 0 Å². The molecule has 316 valence electrons. The molecule has 6 rings (SSSR count). The van der Waals surface area contributed by atoms with E-state index < -0.39 is 32.6 Å². The molecular weight excluding hydrogens is 780 g/mol. The molecule has 1 aliphatic heterocycles. The minimum Gasteiger partial charge on any atom is -0.497 e. The first kappa shape index (κ1) is 44.3. The van der Waals surface area contributed by atoms with Gasteiger partial charge in [0, 0.05) is 32.6 Å². The molecule has 60 heavy (non-hydrogen) atoms. The topological polar surface area (TPSA) is 142 Å². The Morgan fingerprint density at radius 3 is 2.12 bits per heavy atom. The average molecular weight is 835 g/mol. The van der Waals surface area contributed by atoms with Gasteiger partial charge in [0.25, 0.3) is 8.53 Å². The molecule has 0 bridgehead atoms. The Bertz CT molecular complexity index is 2170. The second-order valence-electron chi connectivity index (χ2n) is 15.0. The maximum Gasteiger partial charge on any atom is 0.259 e. The van der Waals surface area contributed by atoms with Gasteiger partial charge in [-0.15, -0.1) is 0 Å². The third-order valence-electron chi connectivity index (χ3n) is 10.1. The second-order valence-corrected chi connectivity index (χ2v) is 16.4. The van der Waals surface area contributed by atoms with Gasteiger partial charge < -0.3 is 32.9 Å². The summed E-state index contributed by atoms with van der Waals surface area (Å²) >= 11 is 0. The number of hydrogen-bond donors (Lipinski definition) is 0. The fraction of sp³-hybridized carbons (Fsp3) is 0.400. The van der Waals surface area contributed by atoms with Gasteiger partial charge in [-0.2, -0.15) is 5.26 Å². The van der Waals surface area contributed by atoms with E-state index in [1.807, 2.05) is 90.3 Å². The summed E-state index contributed by atoms with van der Waals surface area (Å²) in [5, 5.41) is 9.44. The zero-order valence-electron chi connectivity index (χ0n) is 35.6. The summed E-state index contributed by atoms with van der Waals surface area (Å²) in [5.41, 5.74) is 2.64. The highest BCUT2D eigenvalue weighted by Gasteiger charge is 2.45. The molecule has 0 saturated carbocycles. The van der Waals surface area contributed by atoms with E-state index in [1.165, 1.54) is 6.33 Å². The Labute approximate surface area is 354 Å². The van der Waals surface area contributed by atoms with Crippen LogP contribution in [0.15, 0.2) is 96.8 Å². The molecule has 15 heteroatoms. The van der Waals surface area contributed by atoms with E-state index >= 15 is 0 Å². The SMILES string of the molecule is C=Cc1nc2c(/N=C/N(C)C)ncnc2n1C1CC(OP(OCCC#N)N(C(C)C)C(C)C)C(COC(c2ccccc2)(c2ccc(OC)cc2)c2ccc(OC)cc2)O1. The lowest BCUT2D eigenvalue weighted by Gasteiger charge is -2.39. The first-order valence-corrected chi connectivity index (χ1v) is 21.1. The van der Waals surface area contributed by atoms with E-state index in [4.69, 9.17) is 33.0 Å². The van der Waals surface area contributed by atoms with E-state index in [0.29, 0.717) is 29.2 Å². The number of fused-ring (bicyclic) bond motifs is 1. The Kier molecular flexibility index (Phi) is 15.0. The summed E-state index contributed by atoms with van der Waals surface area (Å²) in [5.74, 6) is 2.42. The summed E-state index contributed by atoms with van der Waals surface area (Å²) < 4.78 is 43.3. The number of methoxy groups -OCH3 is 2. The highest BCUT2D eigenvalue weighted by molar-refractivity contribution is 7.44. The minimum absolute atomic E-state index is 0.0877. The van der Waals surface area contributed by atoms with Crippen molar-refractivity contribution in [1.82, 2.24) is 29.1 Å². The van der Waals surface area contributed by atoms with Crippen LogP contribution in [0.3, 0.4) is 0 Å². The fourth-order valence-corrected chi connectivity index (χ4v) is 9.18. The van der Waals surface area contributed by atoms with Crippen molar-refractivity contribution in [3.8, 4) is 17.6 Å². The predicted molar refractivity (Wildman–Crippen MR) is 234 cm³/mol. The molecule has 5 aromatic rings. The third kappa shape index (κ3) is 9.68. The van der Waals surface area contributed by atoms with Gasteiger partial charge in [-0.3, -0.25) is 4.57 Å². The molecule has 4 atom stereocenters. The maximum atomic E-state index is 9.44. The first-order chi connectivity index (χ1) is 29.0. The summed E-state index contributed by atoms with van der Waals surface area (Å²) in [6, 6.07) is 28.4. The maximum absolute atomic E-state index is 9.44. The monoisotopic (exact) mass is 834 g/mol. The van der Waals surface area contributed by atoms with Crippen LogP contribution in [-0.4, -0.2) is 101 Å². The Morgan fingerprint density at radius 1 is 0.950 bits per heavy atom. The molecule has 3 heterocycles. The number of aromatic nitrogens is 4. The normalized spacial score (nSPS) is 17.5. The van der Waals surface area contributed by atoms with Crippen molar-refractivity contribution in [2.75, 3.05) is 41.5 Å². The zero-order valence-corrected chi connectivity index (χ0v) is 36.5. The lowest BCUT2D eigenvalue weighted by Crippen LogP contribution is -2.39. The Hall–Kier alpha value is -5.26. The largest absolute Gasteiger partial charge is 0.497 e. The number of hydrogen-bond acceptors (Lipinski definition) is 12. The van der Waals surface area contributed by atoms with E-state index in [1.54, 1.807) is 26.6 Å². The van der Waals surface area contributed by atoms with Crippen LogP contribution < -0.4 is 9.47 Å². The smallest absolute Gasteiger partial charge is 0.259 e. The highest BCUT2D eigenvalue weighted by atomic mass is 31.2. The molecule has 1 aliphatic rings. The molecule has 0 N–H and O–H groups in total. The molecule has 1 fully saturated rings. The molecular formula is C45H55N8O6P. The van der Waals surface area contributed by atoms with E-state index in [-0.39, 0.29) is 31.7 Å².